The van der Waals surface area contributed by atoms with Gasteiger partial charge >= 0.3 is 0 Å². The van der Waals surface area contributed by atoms with Gasteiger partial charge in [-0.3, -0.25) is 4.79 Å². The van der Waals surface area contributed by atoms with E-state index in [0.29, 0.717) is 26.9 Å². The minimum atomic E-state index is -0.208. The lowest BCUT2D eigenvalue weighted by Crippen LogP contribution is -2.03. The van der Waals surface area contributed by atoms with Crippen molar-refractivity contribution in [2.24, 2.45) is 0 Å². The number of nitrogen functional groups attached to an aromatic ring is 1. The summed E-state index contributed by atoms with van der Waals surface area (Å²) in [5.41, 5.74) is 6.99. The highest BCUT2D eigenvalue weighted by Crippen LogP contribution is 2.27. The summed E-state index contributed by atoms with van der Waals surface area (Å²) in [6.45, 7) is 0. The molecule has 0 aliphatic rings. The molecule has 17 heavy (non-hydrogen) atoms. The van der Waals surface area contributed by atoms with E-state index in [1.807, 2.05) is 0 Å². The third-order valence-corrected chi connectivity index (χ3v) is 2.99. The van der Waals surface area contributed by atoms with Gasteiger partial charge in [0.15, 0.2) is 5.78 Å². The topological polar surface area (TPSA) is 43.1 Å². The molecular formula is C13H9Cl2NO. The maximum atomic E-state index is 12.2. The number of ketones is 1. The lowest BCUT2D eigenvalue weighted by molar-refractivity contribution is 0.103. The van der Waals surface area contributed by atoms with Crippen molar-refractivity contribution in [2.75, 3.05) is 5.73 Å². The fourth-order valence-electron chi connectivity index (χ4n) is 1.49. The molecule has 0 atom stereocenters. The van der Waals surface area contributed by atoms with Crippen molar-refractivity contribution in [2.45, 2.75) is 0 Å². The molecule has 0 bridgehead atoms. The average Bonchev–Trinajstić information content (AvgIpc) is 2.29. The first kappa shape index (κ1) is 12.0. The van der Waals surface area contributed by atoms with Gasteiger partial charge in [-0.15, -0.1) is 0 Å². The van der Waals surface area contributed by atoms with E-state index in [2.05, 4.69) is 0 Å². The van der Waals surface area contributed by atoms with E-state index in [-0.39, 0.29) is 5.78 Å². The molecule has 0 spiro atoms. The Morgan fingerprint density at radius 1 is 0.941 bits per heavy atom. The standard InChI is InChI=1S/C13H9Cl2NO/c14-10-2-1-3-11(15)12(10)13(17)8-4-6-9(16)7-5-8/h1-7H,16H2. The molecular weight excluding hydrogens is 257 g/mol. The van der Waals surface area contributed by atoms with Gasteiger partial charge in [-0.05, 0) is 36.4 Å². The number of benzene rings is 2. The second-order valence-electron chi connectivity index (χ2n) is 3.55. The van der Waals surface area contributed by atoms with Crippen LogP contribution in [0.4, 0.5) is 5.69 Å². The van der Waals surface area contributed by atoms with Crippen LogP contribution in [0.25, 0.3) is 0 Å². The summed E-state index contributed by atoms with van der Waals surface area (Å²) in [6, 6.07) is 11.6. The van der Waals surface area contributed by atoms with E-state index in [0.717, 1.165) is 0 Å². The first-order chi connectivity index (χ1) is 8.09. The molecule has 2 N–H and O–H groups in total. The molecule has 2 rings (SSSR count). The molecule has 2 aromatic carbocycles. The number of carbonyl (C=O) groups excluding carboxylic acids is 1. The van der Waals surface area contributed by atoms with E-state index >= 15 is 0 Å². The molecule has 0 heterocycles. The van der Waals surface area contributed by atoms with Crippen molar-refractivity contribution in [3.63, 3.8) is 0 Å². The molecule has 0 saturated carbocycles. The number of rotatable bonds is 2. The molecule has 0 unspecified atom stereocenters. The van der Waals surface area contributed by atoms with Crippen molar-refractivity contribution in [1.82, 2.24) is 0 Å². The minimum absolute atomic E-state index is 0.208. The summed E-state index contributed by atoms with van der Waals surface area (Å²) < 4.78 is 0. The van der Waals surface area contributed by atoms with Gasteiger partial charge < -0.3 is 5.73 Å². The van der Waals surface area contributed by atoms with Gasteiger partial charge in [-0.2, -0.15) is 0 Å². The molecule has 0 saturated heterocycles. The summed E-state index contributed by atoms with van der Waals surface area (Å²) in [7, 11) is 0. The summed E-state index contributed by atoms with van der Waals surface area (Å²) >= 11 is 12.0. The van der Waals surface area contributed by atoms with Gasteiger partial charge in [-0.25, -0.2) is 0 Å². The fourth-order valence-corrected chi connectivity index (χ4v) is 2.06. The van der Waals surface area contributed by atoms with E-state index in [1.54, 1.807) is 42.5 Å². The summed E-state index contributed by atoms with van der Waals surface area (Å²) in [5.74, 6) is -0.208. The van der Waals surface area contributed by atoms with Crippen LogP contribution in [0.2, 0.25) is 10.0 Å². The SMILES string of the molecule is Nc1ccc(C(=O)c2c(Cl)cccc2Cl)cc1. The van der Waals surface area contributed by atoms with Crippen LogP contribution in [0.1, 0.15) is 15.9 Å². The van der Waals surface area contributed by atoms with E-state index < -0.39 is 0 Å². The molecule has 0 fully saturated rings. The van der Waals surface area contributed by atoms with Crippen molar-refractivity contribution in [1.29, 1.82) is 0 Å². The molecule has 0 radical (unpaired) electrons. The smallest absolute Gasteiger partial charge is 0.196 e. The zero-order valence-electron chi connectivity index (χ0n) is 8.78. The van der Waals surface area contributed by atoms with Gasteiger partial charge in [0.25, 0.3) is 0 Å². The van der Waals surface area contributed by atoms with Gasteiger partial charge in [-0.1, -0.05) is 29.3 Å². The largest absolute Gasteiger partial charge is 0.399 e. The monoisotopic (exact) mass is 265 g/mol. The van der Waals surface area contributed by atoms with Gasteiger partial charge in [0, 0.05) is 11.3 Å². The second-order valence-corrected chi connectivity index (χ2v) is 4.36. The number of hydrogen-bond acceptors (Lipinski definition) is 2. The quantitative estimate of drug-likeness (QED) is 0.663. The number of nitrogens with two attached hydrogens (primary N) is 1. The Morgan fingerprint density at radius 2 is 1.47 bits per heavy atom. The first-order valence-electron chi connectivity index (χ1n) is 4.94. The first-order valence-corrected chi connectivity index (χ1v) is 5.69. The lowest BCUT2D eigenvalue weighted by atomic mass is 10.0. The minimum Gasteiger partial charge on any atom is -0.399 e. The summed E-state index contributed by atoms with van der Waals surface area (Å²) in [5, 5.41) is 0.693. The molecule has 2 nitrogen and oxygen atoms in total. The maximum Gasteiger partial charge on any atom is 0.196 e. The predicted molar refractivity (Wildman–Crippen MR) is 70.7 cm³/mol. The number of halogens is 2. The van der Waals surface area contributed by atoms with Crippen LogP contribution in [0.15, 0.2) is 42.5 Å². The normalized spacial score (nSPS) is 10.2. The third-order valence-electron chi connectivity index (χ3n) is 2.36. The van der Waals surface area contributed by atoms with Gasteiger partial charge in [0.2, 0.25) is 0 Å². The molecule has 0 aromatic heterocycles. The van der Waals surface area contributed by atoms with Crippen LogP contribution in [0.3, 0.4) is 0 Å². The van der Waals surface area contributed by atoms with Crippen LogP contribution in [0, 0.1) is 0 Å². The Hall–Kier alpha value is -1.51. The van der Waals surface area contributed by atoms with Gasteiger partial charge in [0.1, 0.15) is 0 Å². The zero-order chi connectivity index (χ0) is 12.4. The lowest BCUT2D eigenvalue weighted by Gasteiger charge is -2.06. The van der Waals surface area contributed by atoms with Crippen LogP contribution in [-0.2, 0) is 0 Å². The zero-order valence-corrected chi connectivity index (χ0v) is 10.3. The molecule has 86 valence electrons. The highest BCUT2D eigenvalue weighted by molar-refractivity contribution is 6.41. The Morgan fingerprint density at radius 3 is 2.00 bits per heavy atom. The number of hydrogen-bond donors (Lipinski definition) is 1. The van der Waals surface area contributed by atoms with Crippen molar-refractivity contribution in [3.8, 4) is 0 Å². The van der Waals surface area contributed by atoms with Crippen LogP contribution in [0.5, 0.6) is 0 Å². The molecule has 0 aliphatic heterocycles. The van der Waals surface area contributed by atoms with E-state index in [1.165, 1.54) is 0 Å². The molecule has 4 heteroatoms. The predicted octanol–water partition coefficient (Wildman–Crippen LogP) is 3.81. The molecule has 0 aliphatic carbocycles. The number of carbonyl (C=O) groups is 1. The maximum absolute atomic E-state index is 12.2. The summed E-state index contributed by atoms with van der Waals surface area (Å²) in [6.07, 6.45) is 0. The highest BCUT2D eigenvalue weighted by atomic mass is 35.5. The summed E-state index contributed by atoms with van der Waals surface area (Å²) in [4.78, 5) is 12.2. The van der Waals surface area contributed by atoms with Crippen molar-refractivity contribution >= 4 is 34.7 Å². The van der Waals surface area contributed by atoms with E-state index in [4.69, 9.17) is 28.9 Å². The Balaban J connectivity index is 2.47. The fraction of sp³-hybridized carbons (Fsp3) is 0. The van der Waals surface area contributed by atoms with Crippen LogP contribution in [-0.4, -0.2) is 5.78 Å². The Bertz CT molecular complexity index is 544. The third kappa shape index (κ3) is 2.43. The highest BCUT2D eigenvalue weighted by Gasteiger charge is 2.15. The Kier molecular flexibility index (Phi) is 3.36. The number of anilines is 1. The van der Waals surface area contributed by atoms with Gasteiger partial charge in [0.05, 0.1) is 15.6 Å². The molecule has 0 amide bonds. The van der Waals surface area contributed by atoms with Crippen LogP contribution < -0.4 is 5.73 Å². The average molecular weight is 266 g/mol. The second kappa shape index (κ2) is 4.78. The van der Waals surface area contributed by atoms with Crippen molar-refractivity contribution < 1.29 is 4.79 Å². The Labute approximate surface area is 109 Å². The van der Waals surface area contributed by atoms with Crippen molar-refractivity contribution in [3.05, 3.63) is 63.6 Å². The molecule has 2 aromatic rings. The van der Waals surface area contributed by atoms with Crippen LogP contribution >= 0.6 is 23.2 Å². The van der Waals surface area contributed by atoms with E-state index in [9.17, 15) is 4.79 Å².